The van der Waals surface area contributed by atoms with Crippen LogP contribution in [0.4, 0.5) is 0 Å². The number of ether oxygens (including phenoxy) is 1. The van der Waals surface area contributed by atoms with Gasteiger partial charge in [-0.2, -0.15) is 0 Å². The van der Waals surface area contributed by atoms with Crippen LogP contribution in [0.15, 0.2) is 0 Å². The van der Waals surface area contributed by atoms with Gasteiger partial charge in [-0.25, -0.2) is 4.98 Å². The number of hydrogen-bond acceptors (Lipinski definition) is 5. The molecular weight excluding hydrogens is 236 g/mol. The van der Waals surface area contributed by atoms with Crippen LogP contribution in [0.25, 0.3) is 0 Å². The number of hydrogen-bond donors (Lipinski definition) is 2. The second kappa shape index (κ2) is 5.57. The molecule has 5 nitrogen and oxygen atoms in total. The molecular formula is C11H18N4OS. The van der Waals surface area contributed by atoms with Crippen molar-refractivity contribution in [2.45, 2.75) is 13.3 Å². The summed E-state index contributed by atoms with van der Waals surface area (Å²) in [6.45, 7) is 6.58. The average Bonchev–Trinajstić information content (AvgIpc) is 2.69. The molecule has 17 heavy (non-hydrogen) atoms. The van der Waals surface area contributed by atoms with Crippen molar-refractivity contribution in [3.63, 3.8) is 0 Å². The van der Waals surface area contributed by atoms with Crippen molar-refractivity contribution in [2.24, 2.45) is 5.73 Å². The molecule has 2 heterocycles. The smallest absolute Gasteiger partial charge is 0.135 e. The summed E-state index contributed by atoms with van der Waals surface area (Å²) in [5.74, 6) is 0.123. The Kier molecular flexibility index (Phi) is 4.09. The van der Waals surface area contributed by atoms with E-state index in [2.05, 4.69) is 9.88 Å². The van der Waals surface area contributed by atoms with Crippen molar-refractivity contribution in [3.8, 4) is 0 Å². The highest BCUT2D eigenvalue weighted by atomic mass is 32.1. The van der Waals surface area contributed by atoms with Gasteiger partial charge < -0.3 is 10.5 Å². The quantitative estimate of drug-likeness (QED) is 0.610. The van der Waals surface area contributed by atoms with E-state index in [0.717, 1.165) is 54.8 Å². The van der Waals surface area contributed by atoms with E-state index in [0.29, 0.717) is 0 Å². The molecule has 0 unspecified atom stereocenters. The molecule has 0 aromatic carbocycles. The van der Waals surface area contributed by atoms with E-state index >= 15 is 0 Å². The lowest BCUT2D eigenvalue weighted by molar-refractivity contribution is 0.0384. The predicted octanol–water partition coefficient (Wildman–Crippen LogP) is 0.610. The lowest BCUT2D eigenvalue weighted by Crippen LogP contribution is -2.37. The van der Waals surface area contributed by atoms with Gasteiger partial charge in [0.1, 0.15) is 5.84 Å². The highest BCUT2D eigenvalue weighted by molar-refractivity contribution is 7.13. The number of aromatic nitrogens is 1. The average molecular weight is 254 g/mol. The van der Waals surface area contributed by atoms with Gasteiger partial charge in [0, 0.05) is 26.1 Å². The highest BCUT2D eigenvalue weighted by Gasteiger charge is 2.13. The van der Waals surface area contributed by atoms with Crippen molar-refractivity contribution >= 4 is 17.2 Å². The van der Waals surface area contributed by atoms with Gasteiger partial charge in [-0.15, -0.1) is 11.3 Å². The van der Waals surface area contributed by atoms with Crippen LogP contribution in [0.2, 0.25) is 0 Å². The monoisotopic (exact) mass is 254 g/mol. The Labute approximate surface area is 105 Å². The van der Waals surface area contributed by atoms with Crippen LogP contribution < -0.4 is 5.73 Å². The lowest BCUT2D eigenvalue weighted by atomic mass is 10.3. The molecule has 0 amide bonds. The zero-order valence-electron chi connectivity index (χ0n) is 10.0. The van der Waals surface area contributed by atoms with E-state index in [1.54, 1.807) is 0 Å². The van der Waals surface area contributed by atoms with Gasteiger partial charge in [-0.1, -0.05) is 0 Å². The fourth-order valence-electron chi connectivity index (χ4n) is 1.89. The zero-order valence-corrected chi connectivity index (χ0v) is 10.8. The normalized spacial score (nSPS) is 17.2. The number of nitrogens with two attached hydrogens (primary N) is 1. The minimum absolute atomic E-state index is 0.123. The maximum Gasteiger partial charge on any atom is 0.135 e. The lowest BCUT2D eigenvalue weighted by Gasteiger charge is -2.25. The number of nitrogens with zero attached hydrogens (tertiary/aromatic N) is 2. The SMILES string of the molecule is Cc1nc(CCN2CCOCC2)sc1C(=N)N. The van der Waals surface area contributed by atoms with Crippen LogP contribution in [0, 0.1) is 12.3 Å². The maximum atomic E-state index is 7.44. The summed E-state index contributed by atoms with van der Waals surface area (Å²) in [4.78, 5) is 7.65. The number of aryl methyl sites for hydroxylation is 1. The van der Waals surface area contributed by atoms with Gasteiger partial charge in [0.15, 0.2) is 0 Å². The van der Waals surface area contributed by atoms with E-state index < -0.39 is 0 Å². The Hall–Kier alpha value is -0.980. The minimum atomic E-state index is 0.123. The summed E-state index contributed by atoms with van der Waals surface area (Å²) in [5.41, 5.74) is 6.37. The molecule has 94 valence electrons. The first-order valence-corrected chi connectivity index (χ1v) is 6.59. The van der Waals surface area contributed by atoms with Crippen molar-refractivity contribution in [2.75, 3.05) is 32.8 Å². The second-order valence-electron chi connectivity index (χ2n) is 4.14. The topological polar surface area (TPSA) is 75.2 Å². The van der Waals surface area contributed by atoms with Crippen molar-refractivity contribution in [1.82, 2.24) is 9.88 Å². The van der Waals surface area contributed by atoms with Gasteiger partial charge in [-0.05, 0) is 6.92 Å². The van der Waals surface area contributed by atoms with E-state index in [1.807, 2.05) is 6.92 Å². The number of rotatable bonds is 4. The van der Waals surface area contributed by atoms with E-state index in [1.165, 1.54) is 11.3 Å². The third-order valence-electron chi connectivity index (χ3n) is 2.83. The molecule has 1 aromatic rings. The Morgan fingerprint density at radius 3 is 2.82 bits per heavy atom. The summed E-state index contributed by atoms with van der Waals surface area (Å²) in [6.07, 6.45) is 0.929. The fraction of sp³-hybridized carbons (Fsp3) is 0.636. The third-order valence-corrected chi connectivity index (χ3v) is 4.08. The Morgan fingerprint density at radius 2 is 2.24 bits per heavy atom. The van der Waals surface area contributed by atoms with E-state index in [4.69, 9.17) is 15.9 Å². The molecule has 1 aromatic heterocycles. The van der Waals surface area contributed by atoms with Crippen molar-refractivity contribution in [1.29, 1.82) is 5.41 Å². The van der Waals surface area contributed by atoms with Gasteiger partial charge >= 0.3 is 0 Å². The Bertz CT molecular complexity index is 398. The second-order valence-corrected chi connectivity index (χ2v) is 5.22. The highest BCUT2D eigenvalue weighted by Crippen LogP contribution is 2.18. The van der Waals surface area contributed by atoms with Gasteiger partial charge in [0.2, 0.25) is 0 Å². The largest absolute Gasteiger partial charge is 0.383 e. The molecule has 0 radical (unpaired) electrons. The molecule has 1 saturated heterocycles. The number of nitrogens with one attached hydrogen (secondary N) is 1. The molecule has 0 bridgehead atoms. The molecule has 1 aliphatic heterocycles. The number of amidine groups is 1. The number of nitrogen functional groups attached to an aromatic ring is 1. The number of thiazole rings is 1. The first-order valence-electron chi connectivity index (χ1n) is 5.77. The van der Waals surface area contributed by atoms with Crippen molar-refractivity contribution in [3.05, 3.63) is 15.6 Å². The van der Waals surface area contributed by atoms with Gasteiger partial charge in [-0.3, -0.25) is 10.3 Å². The van der Waals surface area contributed by atoms with Crippen LogP contribution >= 0.6 is 11.3 Å². The molecule has 0 saturated carbocycles. The molecule has 0 spiro atoms. The van der Waals surface area contributed by atoms with Crippen LogP contribution in [-0.2, 0) is 11.2 Å². The molecule has 2 rings (SSSR count). The summed E-state index contributed by atoms with van der Waals surface area (Å²) in [7, 11) is 0. The molecule has 6 heteroatoms. The summed E-state index contributed by atoms with van der Waals surface area (Å²) < 4.78 is 5.31. The van der Waals surface area contributed by atoms with Gasteiger partial charge in [0.05, 0.1) is 28.8 Å². The summed E-state index contributed by atoms with van der Waals surface area (Å²) in [6, 6.07) is 0. The Balaban J connectivity index is 1.90. The molecule has 0 aliphatic carbocycles. The first kappa shape index (κ1) is 12.5. The molecule has 0 atom stereocenters. The van der Waals surface area contributed by atoms with Gasteiger partial charge in [0.25, 0.3) is 0 Å². The minimum Gasteiger partial charge on any atom is -0.383 e. The van der Waals surface area contributed by atoms with Crippen LogP contribution in [-0.4, -0.2) is 48.6 Å². The standard InChI is InChI=1S/C11H18N4OS/c1-8-10(11(12)13)17-9(14-8)2-3-15-4-6-16-7-5-15/h2-7H2,1H3,(H3,12,13). The van der Waals surface area contributed by atoms with Crippen LogP contribution in [0.3, 0.4) is 0 Å². The fourth-order valence-corrected chi connectivity index (χ4v) is 2.80. The number of morpholine rings is 1. The van der Waals surface area contributed by atoms with Crippen LogP contribution in [0.1, 0.15) is 15.6 Å². The Morgan fingerprint density at radius 1 is 1.53 bits per heavy atom. The zero-order chi connectivity index (χ0) is 12.3. The van der Waals surface area contributed by atoms with E-state index in [9.17, 15) is 0 Å². The molecule has 1 aliphatic rings. The van der Waals surface area contributed by atoms with Crippen LogP contribution in [0.5, 0.6) is 0 Å². The van der Waals surface area contributed by atoms with E-state index in [-0.39, 0.29) is 5.84 Å². The predicted molar refractivity (Wildman–Crippen MR) is 68.8 cm³/mol. The maximum absolute atomic E-state index is 7.44. The molecule has 3 N–H and O–H groups in total. The third kappa shape index (κ3) is 3.24. The first-order chi connectivity index (χ1) is 8.16. The van der Waals surface area contributed by atoms with Crippen molar-refractivity contribution < 1.29 is 4.74 Å². The summed E-state index contributed by atoms with van der Waals surface area (Å²) >= 11 is 1.54. The summed E-state index contributed by atoms with van der Waals surface area (Å²) in [5, 5.41) is 8.51. The molecule has 1 fully saturated rings.